The molecule has 3 aromatic carbocycles. The van der Waals surface area contributed by atoms with Gasteiger partial charge in [-0.05, 0) is 54.7 Å². The van der Waals surface area contributed by atoms with Crippen molar-refractivity contribution in [2.45, 2.75) is 32.7 Å². The highest BCUT2D eigenvalue weighted by Crippen LogP contribution is 2.20. The second kappa shape index (κ2) is 8.31. The van der Waals surface area contributed by atoms with Crippen molar-refractivity contribution < 1.29 is 4.79 Å². The molecule has 0 bridgehead atoms. The second-order valence-corrected chi connectivity index (χ2v) is 7.54. The van der Waals surface area contributed by atoms with Crippen LogP contribution in [0.2, 0.25) is 0 Å². The molecule has 0 saturated heterocycles. The molecule has 1 atom stereocenters. The van der Waals surface area contributed by atoms with Crippen molar-refractivity contribution in [3.05, 3.63) is 101 Å². The Labute approximate surface area is 171 Å². The van der Waals surface area contributed by atoms with Crippen LogP contribution in [-0.2, 0) is 17.6 Å². The van der Waals surface area contributed by atoms with Crippen molar-refractivity contribution in [1.82, 2.24) is 15.3 Å². The Morgan fingerprint density at radius 2 is 1.69 bits per heavy atom. The maximum Gasteiger partial charge on any atom is 0.225 e. The molecule has 146 valence electrons. The van der Waals surface area contributed by atoms with Gasteiger partial charge in [0.05, 0.1) is 23.5 Å². The van der Waals surface area contributed by atoms with Crippen LogP contribution in [0, 0.1) is 13.8 Å². The number of aromatic nitrogens is 2. The summed E-state index contributed by atoms with van der Waals surface area (Å²) in [5.74, 6) is 0.776. The zero-order valence-electron chi connectivity index (χ0n) is 16.8. The minimum atomic E-state index is -0.219. The molecule has 0 aliphatic rings. The van der Waals surface area contributed by atoms with Crippen LogP contribution in [0.3, 0.4) is 0 Å². The van der Waals surface area contributed by atoms with Crippen LogP contribution in [-0.4, -0.2) is 15.9 Å². The molecule has 1 heterocycles. The van der Waals surface area contributed by atoms with Gasteiger partial charge in [0.15, 0.2) is 0 Å². The summed E-state index contributed by atoms with van der Waals surface area (Å²) in [6.07, 6.45) is 1.03. The third kappa shape index (κ3) is 4.54. The van der Waals surface area contributed by atoms with Crippen LogP contribution in [0.15, 0.2) is 72.8 Å². The summed E-state index contributed by atoms with van der Waals surface area (Å²) in [7, 11) is 0. The van der Waals surface area contributed by atoms with Gasteiger partial charge in [-0.25, -0.2) is 4.98 Å². The van der Waals surface area contributed by atoms with Crippen molar-refractivity contribution in [1.29, 1.82) is 0 Å². The van der Waals surface area contributed by atoms with Gasteiger partial charge in [0.1, 0.15) is 5.82 Å². The molecule has 1 aromatic heterocycles. The number of hydrogen-bond acceptors (Lipinski definition) is 2. The van der Waals surface area contributed by atoms with Gasteiger partial charge in [-0.2, -0.15) is 0 Å². The molecule has 0 radical (unpaired) electrons. The van der Waals surface area contributed by atoms with Gasteiger partial charge < -0.3 is 10.3 Å². The van der Waals surface area contributed by atoms with Gasteiger partial charge in [-0.3, -0.25) is 4.79 Å². The quantitative estimate of drug-likeness (QED) is 0.501. The molecule has 2 N–H and O–H groups in total. The van der Waals surface area contributed by atoms with Gasteiger partial charge in [-0.15, -0.1) is 0 Å². The minimum Gasteiger partial charge on any atom is -0.346 e. The lowest BCUT2D eigenvalue weighted by atomic mass is 10.0. The number of rotatable bonds is 6. The Kier molecular flexibility index (Phi) is 5.43. The summed E-state index contributed by atoms with van der Waals surface area (Å²) >= 11 is 0. The fourth-order valence-corrected chi connectivity index (χ4v) is 3.55. The predicted octanol–water partition coefficient (Wildman–Crippen LogP) is 4.82. The number of fused-ring (bicyclic) bond motifs is 1. The van der Waals surface area contributed by atoms with E-state index < -0.39 is 0 Å². The predicted molar refractivity (Wildman–Crippen MR) is 117 cm³/mol. The van der Waals surface area contributed by atoms with Crippen LogP contribution in [0.1, 0.15) is 34.1 Å². The summed E-state index contributed by atoms with van der Waals surface area (Å²) in [5, 5.41) is 3.19. The molecule has 0 unspecified atom stereocenters. The van der Waals surface area contributed by atoms with Crippen LogP contribution in [0.4, 0.5) is 0 Å². The summed E-state index contributed by atoms with van der Waals surface area (Å²) in [4.78, 5) is 20.9. The number of amides is 1. The third-order valence-electron chi connectivity index (χ3n) is 5.29. The number of imidazole rings is 1. The fraction of sp³-hybridized carbons (Fsp3) is 0.200. The van der Waals surface area contributed by atoms with Gasteiger partial charge >= 0.3 is 0 Å². The van der Waals surface area contributed by atoms with E-state index in [1.165, 1.54) is 11.1 Å². The first-order valence-corrected chi connectivity index (χ1v) is 9.92. The summed E-state index contributed by atoms with van der Waals surface area (Å²) < 4.78 is 0. The first-order valence-electron chi connectivity index (χ1n) is 9.92. The van der Waals surface area contributed by atoms with Crippen LogP contribution in [0.25, 0.3) is 11.0 Å². The van der Waals surface area contributed by atoms with Crippen LogP contribution in [0.5, 0.6) is 0 Å². The SMILES string of the molecule is Cc1ccc(CC(=O)N[C@@H](Cc2ccccc2)c2nc3ccccc3[nH]2)cc1C. The lowest BCUT2D eigenvalue weighted by Crippen LogP contribution is -2.32. The van der Waals surface area contributed by atoms with E-state index in [1.54, 1.807) is 0 Å². The number of H-pyrrole nitrogens is 1. The lowest BCUT2D eigenvalue weighted by Gasteiger charge is -2.17. The molecular formula is C25H25N3O. The highest BCUT2D eigenvalue weighted by molar-refractivity contribution is 5.79. The molecule has 4 nitrogen and oxygen atoms in total. The maximum absolute atomic E-state index is 12.8. The van der Waals surface area contributed by atoms with E-state index in [2.05, 4.69) is 48.4 Å². The molecule has 0 aliphatic heterocycles. The zero-order valence-corrected chi connectivity index (χ0v) is 16.8. The van der Waals surface area contributed by atoms with Gasteiger partial charge in [-0.1, -0.05) is 60.7 Å². The third-order valence-corrected chi connectivity index (χ3v) is 5.29. The summed E-state index contributed by atoms with van der Waals surface area (Å²) in [6.45, 7) is 4.15. The number of aromatic amines is 1. The van der Waals surface area contributed by atoms with Gasteiger partial charge in [0.25, 0.3) is 0 Å². The molecule has 1 amide bonds. The molecule has 0 saturated carbocycles. The molecule has 4 rings (SSSR count). The molecule has 0 fully saturated rings. The lowest BCUT2D eigenvalue weighted by molar-refractivity contribution is -0.121. The van der Waals surface area contributed by atoms with Gasteiger partial charge in [0.2, 0.25) is 5.91 Å². The average molecular weight is 383 g/mol. The number of benzene rings is 3. The number of nitrogens with one attached hydrogen (secondary N) is 2. The zero-order chi connectivity index (χ0) is 20.2. The van der Waals surface area contributed by atoms with E-state index in [-0.39, 0.29) is 11.9 Å². The van der Waals surface area contributed by atoms with Crippen molar-refractivity contribution in [3.8, 4) is 0 Å². The molecule has 4 aromatic rings. The fourth-order valence-electron chi connectivity index (χ4n) is 3.55. The largest absolute Gasteiger partial charge is 0.346 e. The molecule has 0 spiro atoms. The van der Waals surface area contributed by atoms with Crippen molar-refractivity contribution in [2.75, 3.05) is 0 Å². The van der Waals surface area contributed by atoms with Crippen molar-refractivity contribution >= 4 is 16.9 Å². The smallest absolute Gasteiger partial charge is 0.225 e. The topological polar surface area (TPSA) is 57.8 Å². The van der Waals surface area contributed by atoms with E-state index in [4.69, 9.17) is 4.98 Å². The minimum absolute atomic E-state index is 0.00496. The Morgan fingerprint density at radius 3 is 2.45 bits per heavy atom. The molecule has 4 heteroatoms. The van der Waals surface area contributed by atoms with Crippen molar-refractivity contribution in [3.63, 3.8) is 0 Å². The number of para-hydroxylation sites is 2. The van der Waals surface area contributed by atoms with E-state index in [1.807, 2.05) is 48.5 Å². The number of nitrogens with zero attached hydrogens (tertiary/aromatic N) is 1. The monoisotopic (exact) mass is 383 g/mol. The Hall–Kier alpha value is -3.40. The number of hydrogen-bond donors (Lipinski definition) is 2. The number of carbonyl (C=O) groups excluding carboxylic acids is 1. The molecule has 29 heavy (non-hydrogen) atoms. The summed E-state index contributed by atoms with van der Waals surface area (Å²) in [6, 6.07) is 24.1. The maximum atomic E-state index is 12.8. The average Bonchev–Trinajstić information content (AvgIpc) is 3.15. The first kappa shape index (κ1) is 18.9. The molecule has 0 aliphatic carbocycles. The van der Waals surface area contributed by atoms with Gasteiger partial charge in [0, 0.05) is 0 Å². The van der Waals surface area contributed by atoms with Crippen molar-refractivity contribution in [2.24, 2.45) is 0 Å². The number of carbonyl (C=O) groups is 1. The Bertz CT molecular complexity index is 1100. The van der Waals surface area contributed by atoms with E-state index in [0.717, 1.165) is 28.0 Å². The van der Waals surface area contributed by atoms with Crippen LogP contribution >= 0.6 is 0 Å². The molecular weight excluding hydrogens is 358 g/mol. The highest BCUT2D eigenvalue weighted by atomic mass is 16.1. The van der Waals surface area contributed by atoms with E-state index in [9.17, 15) is 4.79 Å². The summed E-state index contributed by atoms with van der Waals surface area (Å²) in [5.41, 5.74) is 6.50. The highest BCUT2D eigenvalue weighted by Gasteiger charge is 2.19. The Morgan fingerprint density at radius 1 is 0.931 bits per heavy atom. The van der Waals surface area contributed by atoms with E-state index >= 15 is 0 Å². The first-order chi connectivity index (χ1) is 14.1. The normalized spacial score (nSPS) is 12.1. The number of aryl methyl sites for hydroxylation is 2. The second-order valence-electron chi connectivity index (χ2n) is 7.54. The Balaban J connectivity index is 1.57. The van der Waals surface area contributed by atoms with Crippen LogP contribution < -0.4 is 5.32 Å². The van der Waals surface area contributed by atoms with E-state index in [0.29, 0.717) is 12.8 Å². The standard InChI is InChI=1S/C25H25N3O/c1-17-12-13-20(14-18(17)2)16-24(29)26-23(15-19-8-4-3-5-9-19)25-27-21-10-6-7-11-22(21)28-25/h3-14,23H,15-16H2,1-2H3,(H,26,29)(H,27,28)/t23-/m0/s1.